The standard InChI is InChI=1S/C14H26N2O4/c1-2-20-10-4-8-15-14(19)16-9-3-5-12(11-16)6-7-13(17)18/h12H,2-11H2,1H3,(H,15,19)(H,17,18). The van der Waals surface area contributed by atoms with Gasteiger partial charge in [0.2, 0.25) is 0 Å². The van der Waals surface area contributed by atoms with Gasteiger partial charge in [0.25, 0.3) is 0 Å². The number of amides is 2. The first-order chi connectivity index (χ1) is 9.63. The van der Waals surface area contributed by atoms with Crippen LogP contribution in [0.25, 0.3) is 0 Å². The molecule has 2 N–H and O–H groups in total. The summed E-state index contributed by atoms with van der Waals surface area (Å²) in [5, 5.41) is 11.6. The second-order valence-corrected chi connectivity index (χ2v) is 5.17. The zero-order valence-corrected chi connectivity index (χ0v) is 12.3. The van der Waals surface area contributed by atoms with Crippen LogP contribution in [0.2, 0.25) is 0 Å². The Kier molecular flexibility index (Phi) is 8.02. The smallest absolute Gasteiger partial charge is 0.317 e. The van der Waals surface area contributed by atoms with Crippen LogP contribution >= 0.6 is 0 Å². The average molecular weight is 286 g/mol. The summed E-state index contributed by atoms with van der Waals surface area (Å²) in [7, 11) is 0. The molecule has 0 aromatic carbocycles. The van der Waals surface area contributed by atoms with E-state index < -0.39 is 5.97 Å². The molecule has 20 heavy (non-hydrogen) atoms. The highest BCUT2D eigenvalue weighted by Gasteiger charge is 2.23. The first-order valence-electron chi connectivity index (χ1n) is 7.45. The molecule has 116 valence electrons. The number of urea groups is 1. The van der Waals surface area contributed by atoms with E-state index in [-0.39, 0.29) is 12.5 Å². The lowest BCUT2D eigenvalue weighted by Crippen LogP contribution is -2.45. The lowest BCUT2D eigenvalue weighted by Gasteiger charge is -2.32. The van der Waals surface area contributed by atoms with E-state index in [0.29, 0.717) is 38.6 Å². The fraction of sp³-hybridized carbons (Fsp3) is 0.857. The van der Waals surface area contributed by atoms with E-state index in [9.17, 15) is 9.59 Å². The highest BCUT2D eigenvalue weighted by Crippen LogP contribution is 2.20. The summed E-state index contributed by atoms with van der Waals surface area (Å²) in [4.78, 5) is 24.4. The maximum Gasteiger partial charge on any atom is 0.317 e. The molecule has 0 saturated carbocycles. The highest BCUT2D eigenvalue weighted by atomic mass is 16.5. The van der Waals surface area contributed by atoms with Crippen molar-refractivity contribution in [1.82, 2.24) is 10.2 Å². The molecule has 0 radical (unpaired) electrons. The molecule has 1 aliphatic rings. The largest absolute Gasteiger partial charge is 0.481 e. The van der Waals surface area contributed by atoms with E-state index in [1.807, 2.05) is 6.92 Å². The van der Waals surface area contributed by atoms with Gasteiger partial charge in [-0.15, -0.1) is 0 Å². The first kappa shape index (κ1) is 16.8. The van der Waals surface area contributed by atoms with Gasteiger partial charge < -0.3 is 20.1 Å². The van der Waals surface area contributed by atoms with Gasteiger partial charge in [0.05, 0.1) is 0 Å². The number of ether oxygens (including phenoxy) is 1. The zero-order valence-electron chi connectivity index (χ0n) is 12.3. The number of aliphatic carboxylic acids is 1. The molecular weight excluding hydrogens is 260 g/mol. The summed E-state index contributed by atoms with van der Waals surface area (Å²) in [6.07, 6.45) is 3.63. The van der Waals surface area contributed by atoms with E-state index in [0.717, 1.165) is 25.8 Å². The molecule has 0 aliphatic carbocycles. The number of rotatable bonds is 8. The fourth-order valence-electron chi connectivity index (χ4n) is 2.44. The molecule has 1 aliphatic heterocycles. The SMILES string of the molecule is CCOCCCNC(=O)N1CCCC(CCC(=O)O)C1. The van der Waals surface area contributed by atoms with Crippen molar-refractivity contribution in [2.75, 3.05) is 32.8 Å². The summed E-state index contributed by atoms with van der Waals surface area (Å²) in [5.41, 5.74) is 0. The minimum atomic E-state index is -0.762. The Bertz CT molecular complexity index is 310. The predicted molar refractivity (Wildman–Crippen MR) is 75.7 cm³/mol. The molecule has 2 amide bonds. The predicted octanol–water partition coefficient (Wildman–Crippen LogP) is 1.70. The van der Waals surface area contributed by atoms with Crippen molar-refractivity contribution >= 4 is 12.0 Å². The Morgan fingerprint density at radius 1 is 1.45 bits per heavy atom. The van der Waals surface area contributed by atoms with Gasteiger partial charge in [0.15, 0.2) is 0 Å². The van der Waals surface area contributed by atoms with Gasteiger partial charge in [0.1, 0.15) is 0 Å². The van der Waals surface area contributed by atoms with Gasteiger partial charge in [-0.3, -0.25) is 4.79 Å². The monoisotopic (exact) mass is 286 g/mol. The maximum absolute atomic E-state index is 12.0. The number of nitrogens with zero attached hydrogens (tertiary/aromatic N) is 1. The number of carboxylic acid groups (broad SMARTS) is 1. The molecule has 1 fully saturated rings. The lowest BCUT2D eigenvalue weighted by molar-refractivity contribution is -0.137. The first-order valence-corrected chi connectivity index (χ1v) is 7.45. The van der Waals surface area contributed by atoms with Crippen molar-refractivity contribution in [2.45, 2.75) is 39.0 Å². The Hall–Kier alpha value is -1.30. The number of piperidine rings is 1. The second kappa shape index (κ2) is 9.58. The van der Waals surface area contributed by atoms with E-state index in [2.05, 4.69) is 5.32 Å². The van der Waals surface area contributed by atoms with Crippen molar-refractivity contribution in [2.24, 2.45) is 5.92 Å². The van der Waals surface area contributed by atoms with E-state index in [4.69, 9.17) is 9.84 Å². The van der Waals surface area contributed by atoms with Crippen LogP contribution < -0.4 is 5.32 Å². The molecule has 1 rings (SSSR count). The van der Waals surface area contributed by atoms with Crippen LogP contribution in [0.5, 0.6) is 0 Å². The van der Waals surface area contributed by atoms with Crippen molar-refractivity contribution in [3.05, 3.63) is 0 Å². The van der Waals surface area contributed by atoms with E-state index >= 15 is 0 Å². The van der Waals surface area contributed by atoms with Crippen LogP contribution in [0.15, 0.2) is 0 Å². The van der Waals surface area contributed by atoms with Gasteiger partial charge in [-0.25, -0.2) is 4.79 Å². The van der Waals surface area contributed by atoms with Crippen molar-refractivity contribution in [3.8, 4) is 0 Å². The van der Waals surface area contributed by atoms with Crippen LogP contribution in [-0.4, -0.2) is 54.9 Å². The van der Waals surface area contributed by atoms with Gasteiger partial charge in [-0.2, -0.15) is 0 Å². The average Bonchev–Trinajstić information content (AvgIpc) is 2.45. The lowest BCUT2D eigenvalue weighted by atomic mass is 9.93. The minimum absolute atomic E-state index is 0.0403. The molecule has 0 spiro atoms. The molecular formula is C14H26N2O4. The highest BCUT2D eigenvalue weighted by molar-refractivity contribution is 5.74. The summed E-state index contributed by atoms with van der Waals surface area (Å²) >= 11 is 0. The van der Waals surface area contributed by atoms with Gasteiger partial charge in [0, 0.05) is 39.3 Å². The van der Waals surface area contributed by atoms with Crippen LogP contribution in [0.3, 0.4) is 0 Å². The molecule has 0 bridgehead atoms. The Morgan fingerprint density at radius 2 is 2.25 bits per heavy atom. The summed E-state index contributed by atoms with van der Waals surface area (Å²) in [5.74, 6) is -0.448. The van der Waals surface area contributed by atoms with Crippen LogP contribution in [0.1, 0.15) is 39.0 Å². The van der Waals surface area contributed by atoms with Crippen LogP contribution in [-0.2, 0) is 9.53 Å². The Labute approximate surface area is 120 Å². The molecule has 1 saturated heterocycles. The summed E-state index contributed by atoms with van der Waals surface area (Å²) in [6.45, 7) is 5.37. The molecule has 1 unspecified atom stereocenters. The van der Waals surface area contributed by atoms with Gasteiger partial charge >= 0.3 is 12.0 Å². The molecule has 1 heterocycles. The van der Waals surface area contributed by atoms with Crippen molar-refractivity contribution in [3.63, 3.8) is 0 Å². The third-order valence-corrected chi connectivity index (χ3v) is 3.52. The molecule has 1 atom stereocenters. The fourth-order valence-corrected chi connectivity index (χ4v) is 2.44. The summed E-state index contributed by atoms with van der Waals surface area (Å²) in [6, 6.07) is -0.0403. The number of carbonyl (C=O) groups excluding carboxylic acids is 1. The molecule has 6 nitrogen and oxygen atoms in total. The third kappa shape index (κ3) is 6.75. The number of hydrogen-bond acceptors (Lipinski definition) is 3. The Balaban J connectivity index is 2.20. The van der Waals surface area contributed by atoms with Crippen molar-refractivity contribution in [1.29, 1.82) is 0 Å². The summed E-state index contributed by atoms with van der Waals surface area (Å²) < 4.78 is 5.21. The number of likely N-dealkylation sites (tertiary alicyclic amines) is 1. The third-order valence-electron chi connectivity index (χ3n) is 3.52. The van der Waals surface area contributed by atoms with E-state index in [1.165, 1.54) is 0 Å². The molecule has 0 aromatic rings. The number of carboxylic acids is 1. The minimum Gasteiger partial charge on any atom is -0.481 e. The van der Waals surface area contributed by atoms with Crippen LogP contribution in [0.4, 0.5) is 4.79 Å². The van der Waals surface area contributed by atoms with Crippen LogP contribution in [0, 0.1) is 5.92 Å². The molecule has 0 aromatic heterocycles. The van der Waals surface area contributed by atoms with Gasteiger partial charge in [-0.05, 0) is 38.5 Å². The van der Waals surface area contributed by atoms with E-state index in [1.54, 1.807) is 4.90 Å². The number of hydrogen-bond donors (Lipinski definition) is 2. The maximum atomic E-state index is 12.0. The normalized spacial score (nSPS) is 18.9. The molecule has 6 heteroatoms. The van der Waals surface area contributed by atoms with Crippen molar-refractivity contribution < 1.29 is 19.4 Å². The Morgan fingerprint density at radius 3 is 2.95 bits per heavy atom. The topological polar surface area (TPSA) is 78.9 Å². The zero-order chi connectivity index (χ0) is 14.8. The van der Waals surface area contributed by atoms with Gasteiger partial charge in [-0.1, -0.05) is 0 Å². The quantitative estimate of drug-likeness (QED) is 0.666. The number of carbonyl (C=O) groups is 2. The second-order valence-electron chi connectivity index (χ2n) is 5.17. The number of nitrogens with one attached hydrogen (secondary N) is 1.